The Labute approximate surface area is 285 Å². The normalized spacial score (nSPS) is 20.6. The van der Waals surface area contributed by atoms with Crippen LogP contribution in [0, 0.1) is 0 Å². The zero-order chi connectivity index (χ0) is 33.1. The molecule has 2 atom stereocenters. The van der Waals surface area contributed by atoms with Crippen molar-refractivity contribution in [2.75, 3.05) is 52.4 Å². The molecule has 0 spiro atoms. The van der Waals surface area contributed by atoms with E-state index in [0.717, 1.165) is 84.4 Å². The van der Waals surface area contributed by atoms with E-state index in [9.17, 15) is 14.7 Å². The van der Waals surface area contributed by atoms with Gasteiger partial charge in [-0.3, -0.25) is 19.4 Å². The number of nitrogens with zero attached hydrogens (tertiary/aromatic N) is 3. The average Bonchev–Trinajstić information content (AvgIpc) is 3.92. The zero-order valence-corrected chi connectivity index (χ0v) is 29.0. The second kappa shape index (κ2) is 22.7. The molecule has 2 N–H and O–H groups in total. The van der Waals surface area contributed by atoms with Gasteiger partial charge in [0.2, 0.25) is 11.8 Å². The van der Waals surface area contributed by atoms with Gasteiger partial charge in [0.15, 0.2) is 0 Å². The van der Waals surface area contributed by atoms with Crippen molar-refractivity contribution in [1.82, 2.24) is 20.0 Å². The Balaban J connectivity index is 0.000000254. The monoisotopic (exact) mass is 652 g/mol. The first-order chi connectivity index (χ1) is 22.5. The second-order valence-corrected chi connectivity index (χ2v) is 12.2. The molecule has 5 heterocycles. The van der Waals surface area contributed by atoms with Crippen molar-refractivity contribution in [3.8, 4) is 0 Å². The smallest absolute Gasteiger partial charge is 0.222 e. The van der Waals surface area contributed by atoms with Crippen LogP contribution in [0.1, 0.15) is 95.9 Å². The summed E-state index contributed by atoms with van der Waals surface area (Å²) in [5, 5.41) is 13.0. The third kappa shape index (κ3) is 14.5. The topological polar surface area (TPSA) is 88.6 Å². The molecule has 47 heavy (non-hydrogen) atoms. The molecule has 0 bridgehead atoms. The Morgan fingerprint density at radius 2 is 1.30 bits per heavy atom. The Kier molecular flexibility index (Phi) is 19.5. The predicted octanol–water partition coefficient (Wildman–Crippen LogP) is 5.84. The fraction of sp³-hybridized carbons (Fsp3) is 0.641. The first kappa shape index (κ1) is 40.4. The number of carbonyl (C=O) groups is 2. The molecule has 3 fully saturated rings. The minimum atomic E-state index is -0.447. The fourth-order valence-corrected chi connectivity index (χ4v) is 6.27. The van der Waals surface area contributed by atoms with Crippen molar-refractivity contribution in [1.29, 1.82) is 0 Å². The number of amides is 2. The van der Waals surface area contributed by atoms with Gasteiger partial charge in [0.1, 0.15) is 0 Å². The number of fused-ring (bicyclic) bond motifs is 2. The number of piperidine rings is 2. The molecule has 0 aliphatic carbocycles. The molecule has 8 nitrogen and oxygen atoms in total. The van der Waals surface area contributed by atoms with Crippen molar-refractivity contribution < 1.29 is 19.4 Å². The molecule has 2 unspecified atom stereocenters. The standard InChI is InChI=1S/C17H24N2O2.C12H15NO.C5H9NO.2C2H6.CH4/c20-16(13-19-9-4-3-7-17(19)21)12-18-10-8-14-5-1-2-6-15(14)11-18;1-2-4-11-7-13(8-12-9-14-12)6-5-10(11)3-1;7-5-3-1-2-4-6-5;2*1-2;/h1-2,5-6,16,20H,3-4,7-13H2;1-4,12H,5-9H2;1-4H2,(H,6,7);2*1-2H3;1H4. The lowest BCUT2D eigenvalue weighted by Crippen LogP contribution is -2.45. The number of hydrogen-bond donors (Lipinski definition) is 2. The number of hydrogen-bond acceptors (Lipinski definition) is 6. The SMILES string of the molecule is C.CC.CC.O=C1CCCCN1.O=C1CCCCN1CC(O)CN1CCc2ccccc2C1.c1ccc2c(c1)CCN(CC1CO1)C2. The number of benzene rings is 2. The number of nitrogens with one attached hydrogen (secondary N) is 1. The molecule has 2 aromatic carbocycles. The van der Waals surface area contributed by atoms with Gasteiger partial charge in [-0.25, -0.2) is 0 Å². The number of epoxide rings is 1. The predicted molar refractivity (Wildman–Crippen MR) is 193 cm³/mol. The van der Waals surface area contributed by atoms with Gasteiger partial charge >= 0.3 is 0 Å². The Hall–Kier alpha value is -2.78. The summed E-state index contributed by atoms with van der Waals surface area (Å²) in [4.78, 5) is 28.8. The number of aliphatic hydroxyl groups excluding tert-OH is 1. The summed E-state index contributed by atoms with van der Waals surface area (Å²) < 4.78 is 5.26. The zero-order valence-electron chi connectivity index (χ0n) is 29.0. The summed E-state index contributed by atoms with van der Waals surface area (Å²) in [6.07, 6.45) is 8.00. The van der Waals surface area contributed by atoms with Gasteiger partial charge in [-0.15, -0.1) is 0 Å². The number of β-amino-alcohol motifs (C(OH)–C–C–N with tert-alkyl or cyclic N) is 1. The van der Waals surface area contributed by atoms with Gasteiger partial charge in [-0.05, 0) is 60.8 Å². The van der Waals surface area contributed by atoms with E-state index in [-0.39, 0.29) is 19.2 Å². The van der Waals surface area contributed by atoms with Crippen molar-refractivity contribution in [2.24, 2.45) is 0 Å². The molecule has 3 saturated heterocycles. The van der Waals surface area contributed by atoms with Crippen LogP contribution in [0.3, 0.4) is 0 Å². The van der Waals surface area contributed by atoms with Crippen LogP contribution in [0.4, 0.5) is 0 Å². The van der Waals surface area contributed by atoms with Gasteiger partial charge in [0.25, 0.3) is 0 Å². The first-order valence-electron chi connectivity index (χ1n) is 18.0. The third-order valence-corrected chi connectivity index (χ3v) is 8.76. The average molecular weight is 653 g/mol. The Morgan fingerprint density at radius 1 is 0.745 bits per heavy atom. The van der Waals surface area contributed by atoms with Crippen molar-refractivity contribution in [3.05, 3.63) is 70.8 Å². The highest BCUT2D eigenvalue weighted by atomic mass is 16.6. The molecule has 7 rings (SSSR count). The minimum Gasteiger partial charge on any atom is -0.390 e. The summed E-state index contributed by atoms with van der Waals surface area (Å²) in [6, 6.07) is 17.3. The van der Waals surface area contributed by atoms with Crippen LogP contribution < -0.4 is 5.32 Å². The second-order valence-electron chi connectivity index (χ2n) is 12.2. The van der Waals surface area contributed by atoms with Crippen molar-refractivity contribution in [3.63, 3.8) is 0 Å². The van der Waals surface area contributed by atoms with E-state index >= 15 is 0 Å². The van der Waals surface area contributed by atoms with Crippen molar-refractivity contribution in [2.45, 2.75) is 112 Å². The lowest BCUT2D eigenvalue weighted by molar-refractivity contribution is -0.135. The van der Waals surface area contributed by atoms with E-state index in [2.05, 4.69) is 63.6 Å². The van der Waals surface area contributed by atoms with E-state index in [0.29, 0.717) is 25.6 Å². The Morgan fingerprint density at radius 3 is 1.81 bits per heavy atom. The van der Waals surface area contributed by atoms with Gasteiger partial charge < -0.3 is 20.1 Å². The maximum atomic E-state index is 11.8. The molecule has 8 heteroatoms. The van der Waals surface area contributed by atoms with E-state index in [1.807, 2.05) is 32.6 Å². The highest BCUT2D eigenvalue weighted by Gasteiger charge is 2.27. The van der Waals surface area contributed by atoms with Crippen LogP contribution in [-0.2, 0) is 40.3 Å². The van der Waals surface area contributed by atoms with Crippen LogP contribution in [0.25, 0.3) is 0 Å². The fourth-order valence-electron chi connectivity index (χ4n) is 6.27. The van der Waals surface area contributed by atoms with Crippen LogP contribution in [0.5, 0.6) is 0 Å². The highest BCUT2D eigenvalue weighted by Crippen LogP contribution is 2.21. The molecular formula is C39H64N4O4. The summed E-state index contributed by atoms with van der Waals surface area (Å²) in [5.74, 6) is 0.413. The van der Waals surface area contributed by atoms with E-state index in [4.69, 9.17) is 4.74 Å². The maximum Gasteiger partial charge on any atom is 0.222 e. The third-order valence-electron chi connectivity index (χ3n) is 8.76. The molecule has 5 aliphatic rings. The minimum absolute atomic E-state index is 0. The van der Waals surface area contributed by atoms with Crippen LogP contribution in [-0.4, -0.2) is 96.2 Å². The molecule has 0 radical (unpaired) electrons. The van der Waals surface area contributed by atoms with E-state index in [1.54, 1.807) is 0 Å². The number of likely N-dealkylation sites (tertiary alicyclic amines) is 1. The number of aliphatic hydroxyl groups is 1. The van der Waals surface area contributed by atoms with Crippen LogP contribution in [0.2, 0.25) is 0 Å². The quantitative estimate of drug-likeness (QED) is 0.382. The summed E-state index contributed by atoms with van der Waals surface area (Å²) in [7, 11) is 0. The van der Waals surface area contributed by atoms with Crippen molar-refractivity contribution >= 4 is 11.8 Å². The largest absolute Gasteiger partial charge is 0.390 e. The Bertz CT molecular complexity index is 1160. The molecule has 5 aliphatic heterocycles. The van der Waals surface area contributed by atoms with Gasteiger partial charge in [0.05, 0.1) is 18.8 Å². The molecule has 0 saturated carbocycles. The molecule has 0 aromatic heterocycles. The summed E-state index contributed by atoms with van der Waals surface area (Å²) in [5.41, 5.74) is 5.82. The number of ether oxygens (including phenoxy) is 1. The molecular weight excluding hydrogens is 588 g/mol. The highest BCUT2D eigenvalue weighted by molar-refractivity contribution is 5.77. The van der Waals surface area contributed by atoms with Gasteiger partial charge in [-0.1, -0.05) is 83.7 Å². The first-order valence-corrected chi connectivity index (χ1v) is 18.0. The molecule has 2 amide bonds. The summed E-state index contributed by atoms with van der Waals surface area (Å²) >= 11 is 0. The number of carbonyl (C=O) groups excluding carboxylic acids is 2. The lowest BCUT2D eigenvalue weighted by atomic mass is 9.99. The van der Waals surface area contributed by atoms with E-state index < -0.39 is 6.10 Å². The summed E-state index contributed by atoms with van der Waals surface area (Å²) in [6.45, 7) is 17.1. The van der Waals surface area contributed by atoms with Crippen LogP contribution >= 0.6 is 0 Å². The molecule has 2 aromatic rings. The van der Waals surface area contributed by atoms with Gasteiger partial charge in [0, 0.05) is 71.7 Å². The van der Waals surface area contributed by atoms with E-state index in [1.165, 1.54) is 35.2 Å². The lowest BCUT2D eigenvalue weighted by Gasteiger charge is -2.33. The molecule has 264 valence electrons. The van der Waals surface area contributed by atoms with Crippen LogP contribution in [0.15, 0.2) is 48.5 Å². The number of rotatable bonds is 6. The maximum absolute atomic E-state index is 11.8. The van der Waals surface area contributed by atoms with Gasteiger partial charge in [-0.2, -0.15) is 0 Å².